The Morgan fingerprint density at radius 2 is 2.10 bits per heavy atom. The van der Waals surface area contributed by atoms with Gasteiger partial charge in [0.1, 0.15) is 0 Å². The minimum absolute atomic E-state index is 0.259. The van der Waals surface area contributed by atoms with Gasteiger partial charge in [0.15, 0.2) is 0 Å². The highest BCUT2D eigenvalue weighted by Crippen LogP contribution is 2.20. The van der Waals surface area contributed by atoms with Gasteiger partial charge in [-0.2, -0.15) is 0 Å². The average molecular weight is 144 g/mol. The van der Waals surface area contributed by atoms with Gasteiger partial charge in [-0.15, -0.1) is 0 Å². The second-order valence-electron chi connectivity index (χ2n) is 3.31. The minimum Gasteiger partial charge on any atom is -0.379 e. The van der Waals surface area contributed by atoms with Crippen LogP contribution in [0.3, 0.4) is 0 Å². The van der Waals surface area contributed by atoms with Gasteiger partial charge in [0.2, 0.25) is 0 Å². The summed E-state index contributed by atoms with van der Waals surface area (Å²) in [5.41, 5.74) is 5.79. The second kappa shape index (κ2) is 4.69. The van der Waals surface area contributed by atoms with Crippen molar-refractivity contribution in [2.75, 3.05) is 13.7 Å². The van der Waals surface area contributed by atoms with Crippen molar-refractivity contribution < 1.29 is 4.74 Å². The molecular weight excluding hydrogens is 126 g/mol. The van der Waals surface area contributed by atoms with Crippen LogP contribution in [0.2, 0.25) is 0 Å². The first-order valence-corrected chi connectivity index (χ1v) is 3.67. The highest BCUT2D eigenvalue weighted by Gasteiger charge is 2.13. The molecule has 0 rings (SSSR count). The van der Waals surface area contributed by atoms with Gasteiger partial charge in [-0.05, 0) is 24.8 Å². The van der Waals surface area contributed by atoms with Gasteiger partial charge in [0.25, 0.3) is 0 Å². The van der Waals surface area contributed by atoms with E-state index >= 15 is 0 Å². The van der Waals surface area contributed by atoms with Crippen molar-refractivity contribution in [3.8, 4) is 0 Å². The van der Waals surface area contributed by atoms with E-state index in [4.69, 9.17) is 10.5 Å². The highest BCUT2D eigenvalue weighted by molar-refractivity contribution is 4.70. The average Bonchev–Trinajstić information content (AvgIpc) is 1.89. The lowest BCUT2D eigenvalue weighted by Crippen LogP contribution is -2.23. The van der Waals surface area contributed by atoms with E-state index in [1.54, 1.807) is 7.11 Å². The molecule has 0 saturated carbocycles. The maximum atomic E-state index is 5.53. The first-order valence-electron chi connectivity index (χ1n) is 3.67. The van der Waals surface area contributed by atoms with Gasteiger partial charge in [-0.25, -0.2) is 0 Å². The van der Waals surface area contributed by atoms with E-state index < -0.39 is 0 Å². The molecule has 2 heteroatoms. The number of nitrogens with two attached hydrogens (primary N) is 1. The van der Waals surface area contributed by atoms with Gasteiger partial charge in [0.05, 0.1) is 6.61 Å². The summed E-state index contributed by atoms with van der Waals surface area (Å²) in [5.74, 6) is 0. The second-order valence-corrected chi connectivity index (χ2v) is 3.31. The van der Waals surface area contributed by atoms with Crippen molar-refractivity contribution in [2.24, 2.45) is 11.1 Å². The Hall–Kier alpha value is -0.0800. The SMILES string of the molecule is CO[CH]CCC(C)(C)CN. The third-order valence-electron chi connectivity index (χ3n) is 1.66. The maximum Gasteiger partial charge on any atom is 0.0832 e. The summed E-state index contributed by atoms with van der Waals surface area (Å²) in [6.07, 6.45) is 2.08. The predicted octanol–water partition coefficient (Wildman–Crippen LogP) is 1.56. The summed E-state index contributed by atoms with van der Waals surface area (Å²) >= 11 is 0. The van der Waals surface area contributed by atoms with Crippen LogP contribution in [0.25, 0.3) is 0 Å². The standard InChI is InChI=1S/C8H18NO/c1-8(2,7-9)5-4-6-10-3/h6H,4-5,7,9H2,1-3H3. The maximum absolute atomic E-state index is 5.53. The van der Waals surface area contributed by atoms with Gasteiger partial charge >= 0.3 is 0 Å². The van der Waals surface area contributed by atoms with E-state index in [9.17, 15) is 0 Å². The monoisotopic (exact) mass is 144 g/mol. The summed E-state index contributed by atoms with van der Waals surface area (Å²) in [4.78, 5) is 0. The number of hydrogen-bond donors (Lipinski definition) is 1. The Kier molecular flexibility index (Phi) is 4.65. The lowest BCUT2D eigenvalue weighted by atomic mass is 9.88. The van der Waals surface area contributed by atoms with Gasteiger partial charge in [-0.3, -0.25) is 0 Å². The molecule has 0 bridgehead atoms. The number of hydrogen-bond acceptors (Lipinski definition) is 2. The molecule has 0 aliphatic rings. The highest BCUT2D eigenvalue weighted by atomic mass is 16.5. The van der Waals surface area contributed by atoms with Crippen LogP contribution < -0.4 is 5.73 Å². The number of ether oxygens (including phenoxy) is 1. The Labute approximate surface area is 63.7 Å². The molecule has 0 aliphatic carbocycles. The van der Waals surface area contributed by atoms with E-state index in [0.717, 1.165) is 19.4 Å². The Morgan fingerprint density at radius 1 is 1.50 bits per heavy atom. The third-order valence-corrected chi connectivity index (χ3v) is 1.66. The smallest absolute Gasteiger partial charge is 0.0832 e. The van der Waals surface area contributed by atoms with Crippen molar-refractivity contribution in [3.05, 3.63) is 6.61 Å². The molecule has 0 spiro atoms. The van der Waals surface area contributed by atoms with Crippen LogP contribution in [-0.4, -0.2) is 13.7 Å². The van der Waals surface area contributed by atoms with Crippen molar-refractivity contribution >= 4 is 0 Å². The Balaban J connectivity index is 3.28. The van der Waals surface area contributed by atoms with Crippen LogP contribution in [0.5, 0.6) is 0 Å². The molecule has 0 atom stereocenters. The molecule has 0 aromatic rings. The van der Waals surface area contributed by atoms with Crippen LogP contribution in [-0.2, 0) is 4.74 Å². The molecule has 10 heavy (non-hydrogen) atoms. The number of methoxy groups -OCH3 is 1. The summed E-state index contributed by atoms with van der Waals surface area (Å²) < 4.78 is 4.82. The fourth-order valence-electron chi connectivity index (χ4n) is 0.670. The quantitative estimate of drug-likeness (QED) is 0.594. The Morgan fingerprint density at radius 3 is 2.50 bits per heavy atom. The van der Waals surface area contributed by atoms with Crippen LogP contribution >= 0.6 is 0 Å². The zero-order chi connectivity index (χ0) is 8.04. The minimum atomic E-state index is 0.259. The van der Waals surface area contributed by atoms with Gasteiger partial charge in [-0.1, -0.05) is 13.8 Å². The molecule has 0 saturated heterocycles. The summed E-state index contributed by atoms with van der Waals surface area (Å²) in [6.45, 7) is 6.88. The molecule has 1 radical (unpaired) electrons. The third kappa shape index (κ3) is 4.77. The normalized spacial score (nSPS) is 12.0. The fraction of sp³-hybridized carbons (Fsp3) is 0.875. The van der Waals surface area contributed by atoms with Crippen LogP contribution in [0.4, 0.5) is 0 Å². The first kappa shape index (κ1) is 9.92. The largest absolute Gasteiger partial charge is 0.379 e. The molecule has 0 heterocycles. The van der Waals surface area contributed by atoms with E-state index in [0.29, 0.717) is 0 Å². The molecule has 0 unspecified atom stereocenters. The van der Waals surface area contributed by atoms with Crippen LogP contribution in [0.15, 0.2) is 0 Å². The van der Waals surface area contributed by atoms with E-state index in [1.165, 1.54) is 0 Å². The molecular formula is C8H18NO. The topological polar surface area (TPSA) is 35.2 Å². The van der Waals surface area contributed by atoms with E-state index in [1.807, 2.05) is 6.61 Å². The van der Waals surface area contributed by atoms with Crippen LogP contribution in [0, 0.1) is 12.0 Å². The molecule has 0 amide bonds. The van der Waals surface area contributed by atoms with Gasteiger partial charge < -0.3 is 10.5 Å². The Bertz CT molecular complexity index is 81.3. The van der Waals surface area contributed by atoms with Gasteiger partial charge in [0, 0.05) is 7.11 Å². The molecule has 0 aromatic carbocycles. The van der Waals surface area contributed by atoms with E-state index in [2.05, 4.69) is 13.8 Å². The molecule has 0 aliphatic heterocycles. The first-order chi connectivity index (χ1) is 4.62. The zero-order valence-corrected chi connectivity index (χ0v) is 7.18. The molecule has 0 fully saturated rings. The number of rotatable bonds is 5. The lowest BCUT2D eigenvalue weighted by molar-refractivity contribution is 0.240. The van der Waals surface area contributed by atoms with Crippen molar-refractivity contribution in [3.63, 3.8) is 0 Å². The zero-order valence-electron chi connectivity index (χ0n) is 7.18. The molecule has 2 nitrogen and oxygen atoms in total. The van der Waals surface area contributed by atoms with E-state index in [-0.39, 0.29) is 5.41 Å². The summed E-state index contributed by atoms with van der Waals surface area (Å²) in [6, 6.07) is 0. The molecule has 0 aromatic heterocycles. The fourth-order valence-corrected chi connectivity index (χ4v) is 0.670. The lowest BCUT2D eigenvalue weighted by Gasteiger charge is -2.21. The predicted molar refractivity (Wildman–Crippen MR) is 43.4 cm³/mol. The summed E-state index contributed by atoms with van der Waals surface area (Å²) in [5, 5.41) is 0. The van der Waals surface area contributed by atoms with Crippen molar-refractivity contribution in [1.82, 2.24) is 0 Å². The van der Waals surface area contributed by atoms with Crippen molar-refractivity contribution in [1.29, 1.82) is 0 Å². The van der Waals surface area contributed by atoms with Crippen molar-refractivity contribution in [2.45, 2.75) is 26.7 Å². The summed E-state index contributed by atoms with van der Waals surface area (Å²) in [7, 11) is 1.68. The molecule has 2 N–H and O–H groups in total. The van der Waals surface area contributed by atoms with Crippen LogP contribution in [0.1, 0.15) is 26.7 Å². The molecule has 61 valence electrons.